The van der Waals surface area contributed by atoms with Crippen molar-refractivity contribution in [2.45, 2.75) is 26.3 Å². The van der Waals surface area contributed by atoms with Gasteiger partial charge in [0.1, 0.15) is 0 Å². The van der Waals surface area contributed by atoms with Gasteiger partial charge in [-0.05, 0) is 20.8 Å². The van der Waals surface area contributed by atoms with Crippen LogP contribution in [0.4, 0.5) is 4.39 Å². The Balaban J connectivity index is 3.08. The van der Waals surface area contributed by atoms with Gasteiger partial charge in [-0.25, -0.2) is 0 Å². The standard InChI is InChI=1S/C6H9ClFN3/c1-6(2,3)11-9-4(7)5(8)10-11/h1-3H3. The molecule has 0 fully saturated rings. The van der Waals surface area contributed by atoms with Crippen LogP contribution in [0.5, 0.6) is 0 Å². The molecule has 0 saturated carbocycles. The van der Waals surface area contributed by atoms with Crippen LogP contribution >= 0.6 is 11.6 Å². The third-order valence-electron chi connectivity index (χ3n) is 1.14. The molecule has 5 heteroatoms. The van der Waals surface area contributed by atoms with Crippen LogP contribution in [0, 0.1) is 5.95 Å². The summed E-state index contributed by atoms with van der Waals surface area (Å²) in [7, 11) is 0. The van der Waals surface area contributed by atoms with Gasteiger partial charge in [0.25, 0.3) is 5.95 Å². The first-order valence-corrected chi connectivity index (χ1v) is 3.58. The van der Waals surface area contributed by atoms with Crippen molar-refractivity contribution in [3.05, 3.63) is 11.1 Å². The molecule has 1 rings (SSSR count). The first-order chi connectivity index (χ1) is 4.91. The molecule has 3 nitrogen and oxygen atoms in total. The van der Waals surface area contributed by atoms with Crippen LogP contribution < -0.4 is 0 Å². The Labute approximate surface area is 69.2 Å². The van der Waals surface area contributed by atoms with Gasteiger partial charge in [0.05, 0.1) is 5.54 Å². The van der Waals surface area contributed by atoms with Gasteiger partial charge in [0.2, 0.25) is 5.15 Å². The number of rotatable bonds is 0. The molecule has 0 aromatic carbocycles. The SMILES string of the molecule is CC(C)(C)n1nc(F)c(Cl)n1. The third-order valence-corrected chi connectivity index (χ3v) is 1.37. The number of hydrogen-bond donors (Lipinski definition) is 0. The quantitative estimate of drug-likeness (QED) is 0.605. The molecule has 62 valence electrons. The average molecular weight is 178 g/mol. The summed E-state index contributed by atoms with van der Waals surface area (Å²) in [6.45, 7) is 5.59. The van der Waals surface area contributed by atoms with Crippen molar-refractivity contribution in [3.8, 4) is 0 Å². The van der Waals surface area contributed by atoms with Gasteiger partial charge in [0.15, 0.2) is 0 Å². The van der Waals surface area contributed by atoms with Crippen LogP contribution in [-0.4, -0.2) is 15.0 Å². The molecule has 0 unspecified atom stereocenters. The Hall–Kier alpha value is -0.640. The van der Waals surface area contributed by atoms with Crippen molar-refractivity contribution in [3.63, 3.8) is 0 Å². The first kappa shape index (κ1) is 8.46. The minimum atomic E-state index is -0.721. The third kappa shape index (κ3) is 1.68. The fraction of sp³-hybridized carbons (Fsp3) is 0.667. The van der Waals surface area contributed by atoms with Crippen molar-refractivity contribution in [2.24, 2.45) is 0 Å². The van der Waals surface area contributed by atoms with E-state index in [9.17, 15) is 4.39 Å². The Kier molecular flexibility index (Phi) is 1.88. The Morgan fingerprint density at radius 3 is 2.09 bits per heavy atom. The van der Waals surface area contributed by atoms with E-state index in [0.29, 0.717) is 0 Å². The van der Waals surface area contributed by atoms with Crippen molar-refractivity contribution >= 4 is 11.6 Å². The second-order valence-electron chi connectivity index (χ2n) is 3.24. The molecule has 0 bridgehead atoms. The van der Waals surface area contributed by atoms with E-state index in [1.54, 1.807) is 0 Å². The number of nitrogens with zero attached hydrogens (tertiary/aromatic N) is 3. The molecule has 0 aliphatic carbocycles. The lowest BCUT2D eigenvalue weighted by atomic mass is 10.1. The van der Waals surface area contributed by atoms with E-state index in [4.69, 9.17) is 11.6 Å². The van der Waals surface area contributed by atoms with Crippen molar-refractivity contribution in [1.29, 1.82) is 0 Å². The van der Waals surface area contributed by atoms with Crippen LogP contribution in [0.2, 0.25) is 5.15 Å². The van der Waals surface area contributed by atoms with Gasteiger partial charge >= 0.3 is 0 Å². The molecule has 0 N–H and O–H groups in total. The number of halogens is 2. The maximum atomic E-state index is 12.5. The molecule has 1 heterocycles. The highest BCUT2D eigenvalue weighted by molar-refractivity contribution is 6.29. The van der Waals surface area contributed by atoms with Crippen LogP contribution in [0.25, 0.3) is 0 Å². The van der Waals surface area contributed by atoms with Crippen LogP contribution in [-0.2, 0) is 5.54 Å². The van der Waals surface area contributed by atoms with Gasteiger partial charge in [-0.15, -0.1) is 10.2 Å². The molecule has 0 aliphatic rings. The lowest BCUT2D eigenvalue weighted by Crippen LogP contribution is -2.24. The van der Waals surface area contributed by atoms with Crippen LogP contribution in [0.15, 0.2) is 0 Å². The van der Waals surface area contributed by atoms with Gasteiger partial charge in [-0.3, -0.25) is 0 Å². The number of hydrogen-bond acceptors (Lipinski definition) is 2. The number of aromatic nitrogens is 3. The summed E-state index contributed by atoms with van der Waals surface area (Å²) in [6, 6.07) is 0. The highest BCUT2D eigenvalue weighted by atomic mass is 35.5. The Morgan fingerprint density at radius 1 is 1.36 bits per heavy atom. The highest BCUT2D eigenvalue weighted by Crippen LogP contribution is 2.14. The molecule has 0 atom stereocenters. The summed E-state index contributed by atoms with van der Waals surface area (Å²) >= 11 is 5.37. The molecular formula is C6H9ClFN3. The van der Waals surface area contributed by atoms with Crippen LogP contribution in [0.3, 0.4) is 0 Å². The first-order valence-electron chi connectivity index (χ1n) is 3.20. The summed E-state index contributed by atoms with van der Waals surface area (Å²) in [6.07, 6.45) is 0. The minimum absolute atomic E-state index is 0.181. The lowest BCUT2D eigenvalue weighted by Gasteiger charge is -2.15. The summed E-state index contributed by atoms with van der Waals surface area (Å²) in [4.78, 5) is 1.25. The fourth-order valence-corrected chi connectivity index (χ4v) is 0.681. The summed E-state index contributed by atoms with van der Waals surface area (Å²) < 4.78 is 12.5. The molecule has 1 aromatic rings. The van der Waals surface area contributed by atoms with Crippen LogP contribution in [0.1, 0.15) is 20.8 Å². The lowest BCUT2D eigenvalue weighted by molar-refractivity contribution is 0.304. The summed E-state index contributed by atoms with van der Waals surface area (Å²) in [5.74, 6) is -0.721. The van der Waals surface area contributed by atoms with Crippen molar-refractivity contribution in [1.82, 2.24) is 15.0 Å². The zero-order valence-electron chi connectivity index (χ0n) is 6.60. The van der Waals surface area contributed by atoms with E-state index >= 15 is 0 Å². The predicted octanol–water partition coefficient (Wildman–Crippen LogP) is 1.83. The molecule has 0 spiro atoms. The van der Waals surface area contributed by atoms with E-state index < -0.39 is 5.95 Å². The van der Waals surface area contributed by atoms with E-state index in [0.717, 1.165) is 0 Å². The maximum absolute atomic E-state index is 12.5. The molecule has 1 aromatic heterocycles. The average Bonchev–Trinajstić information content (AvgIpc) is 2.11. The van der Waals surface area contributed by atoms with E-state index in [2.05, 4.69) is 10.2 Å². The predicted molar refractivity (Wildman–Crippen MR) is 40.0 cm³/mol. The Morgan fingerprint density at radius 2 is 1.91 bits per heavy atom. The smallest absolute Gasteiger partial charge is 0.180 e. The highest BCUT2D eigenvalue weighted by Gasteiger charge is 2.18. The van der Waals surface area contributed by atoms with E-state index in [1.807, 2.05) is 20.8 Å². The zero-order valence-corrected chi connectivity index (χ0v) is 7.35. The molecule has 0 radical (unpaired) electrons. The molecule has 0 saturated heterocycles. The van der Waals surface area contributed by atoms with Gasteiger partial charge in [0, 0.05) is 0 Å². The molecule has 0 aliphatic heterocycles. The van der Waals surface area contributed by atoms with E-state index in [1.165, 1.54) is 4.80 Å². The van der Waals surface area contributed by atoms with Gasteiger partial charge in [-0.1, -0.05) is 11.6 Å². The van der Waals surface area contributed by atoms with Crippen molar-refractivity contribution in [2.75, 3.05) is 0 Å². The minimum Gasteiger partial charge on any atom is -0.180 e. The second kappa shape index (κ2) is 2.44. The molecule has 0 amide bonds. The van der Waals surface area contributed by atoms with Gasteiger partial charge < -0.3 is 0 Å². The second-order valence-corrected chi connectivity index (χ2v) is 3.60. The monoisotopic (exact) mass is 177 g/mol. The summed E-state index contributed by atoms with van der Waals surface area (Å²) in [5, 5.41) is 6.99. The maximum Gasteiger partial charge on any atom is 0.271 e. The zero-order chi connectivity index (χ0) is 8.65. The normalized spacial score (nSPS) is 12.1. The summed E-state index contributed by atoms with van der Waals surface area (Å²) in [5.41, 5.74) is -0.325. The molecular weight excluding hydrogens is 169 g/mol. The topological polar surface area (TPSA) is 30.7 Å². The Bertz CT molecular complexity index is 244. The largest absolute Gasteiger partial charge is 0.271 e. The van der Waals surface area contributed by atoms with E-state index in [-0.39, 0.29) is 10.7 Å². The van der Waals surface area contributed by atoms with Crippen molar-refractivity contribution < 1.29 is 4.39 Å². The fourth-order valence-electron chi connectivity index (χ4n) is 0.571. The molecule has 11 heavy (non-hydrogen) atoms. The van der Waals surface area contributed by atoms with Gasteiger partial charge in [-0.2, -0.15) is 9.19 Å².